The minimum Gasteiger partial charge on any atom is -0.380 e. The fraction of sp³-hybridized carbons (Fsp3) is 0.727. The van der Waals surface area contributed by atoms with Crippen LogP contribution < -0.4 is 5.32 Å². The molecule has 4 nitrogen and oxygen atoms in total. The van der Waals surface area contributed by atoms with Crippen molar-refractivity contribution in [3.63, 3.8) is 0 Å². The Morgan fingerprint density at radius 2 is 2.27 bits per heavy atom. The molecule has 0 aromatic carbocycles. The molecule has 1 aromatic rings. The number of nitrogens with zero attached hydrogens (tertiary/aromatic N) is 1. The molecule has 0 spiro atoms. The van der Waals surface area contributed by atoms with Crippen molar-refractivity contribution >= 4 is 0 Å². The molecule has 2 unspecified atom stereocenters. The van der Waals surface area contributed by atoms with Gasteiger partial charge in [-0.3, -0.25) is 0 Å². The number of ether oxygens (including phenoxy) is 1. The summed E-state index contributed by atoms with van der Waals surface area (Å²) in [6.07, 6.45) is 1.09. The molecule has 1 saturated heterocycles. The van der Waals surface area contributed by atoms with Gasteiger partial charge < -0.3 is 14.6 Å². The van der Waals surface area contributed by atoms with Crippen LogP contribution in [0.5, 0.6) is 0 Å². The second kappa shape index (κ2) is 4.33. The molecular weight excluding hydrogens is 192 g/mol. The maximum absolute atomic E-state index is 5.33. The first-order valence-corrected chi connectivity index (χ1v) is 5.45. The normalized spacial score (nSPS) is 23.3. The third kappa shape index (κ3) is 2.21. The fourth-order valence-electron chi connectivity index (χ4n) is 2.21. The summed E-state index contributed by atoms with van der Waals surface area (Å²) in [5.74, 6) is 0.909. The van der Waals surface area contributed by atoms with E-state index >= 15 is 0 Å². The van der Waals surface area contributed by atoms with Gasteiger partial charge in [-0.25, -0.2) is 0 Å². The molecule has 2 atom stereocenters. The molecule has 4 heteroatoms. The maximum Gasteiger partial charge on any atom is 0.138 e. The molecule has 0 saturated carbocycles. The lowest BCUT2D eigenvalue weighted by molar-refractivity contribution is 0.188. The van der Waals surface area contributed by atoms with Gasteiger partial charge in [-0.1, -0.05) is 5.16 Å². The van der Waals surface area contributed by atoms with Crippen LogP contribution in [0, 0.1) is 13.8 Å². The molecule has 1 aromatic heterocycles. The lowest BCUT2D eigenvalue weighted by Gasteiger charge is -2.17. The Bertz CT molecular complexity index is 310. The Labute approximate surface area is 90.0 Å². The highest BCUT2D eigenvalue weighted by Crippen LogP contribution is 2.22. The van der Waals surface area contributed by atoms with Gasteiger partial charge in [0.2, 0.25) is 0 Å². The Morgan fingerprint density at radius 3 is 2.80 bits per heavy atom. The van der Waals surface area contributed by atoms with Crippen molar-refractivity contribution in [2.24, 2.45) is 0 Å². The largest absolute Gasteiger partial charge is 0.380 e. The van der Waals surface area contributed by atoms with Gasteiger partial charge in [0.15, 0.2) is 0 Å². The van der Waals surface area contributed by atoms with Crippen LogP contribution in [0.15, 0.2) is 4.52 Å². The summed E-state index contributed by atoms with van der Waals surface area (Å²) in [4.78, 5) is 0. The summed E-state index contributed by atoms with van der Waals surface area (Å²) in [6.45, 7) is 7.76. The number of aromatic nitrogens is 1. The maximum atomic E-state index is 5.33. The summed E-state index contributed by atoms with van der Waals surface area (Å²) >= 11 is 0. The van der Waals surface area contributed by atoms with Crippen molar-refractivity contribution in [1.29, 1.82) is 0 Å². The van der Waals surface area contributed by atoms with Crippen LogP contribution in [0.2, 0.25) is 0 Å². The molecule has 1 fully saturated rings. The van der Waals surface area contributed by atoms with Crippen LogP contribution in [0.25, 0.3) is 0 Å². The van der Waals surface area contributed by atoms with Crippen LogP contribution in [0.4, 0.5) is 0 Å². The van der Waals surface area contributed by atoms with Gasteiger partial charge in [-0.15, -0.1) is 0 Å². The van der Waals surface area contributed by atoms with Crippen molar-refractivity contribution in [2.75, 3.05) is 13.2 Å². The van der Waals surface area contributed by atoms with Crippen molar-refractivity contribution in [2.45, 2.75) is 39.3 Å². The van der Waals surface area contributed by atoms with Crippen molar-refractivity contribution in [1.82, 2.24) is 10.5 Å². The van der Waals surface area contributed by atoms with Gasteiger partial charge in [-0.2, -0.15) is 0 Å². The Kier molecular flexibility index (Phi) is 3.07. The van der Waals surface area contributed by atoms with Crippen molar-refractivity contribution < 1.29 is 9.26 Å². The topological polar surface area (TPSA) is 47.3 Å². The number of nitrogens with one attached hydrogen (secondary N) is 1. The number of hydrogen-bond acceptors (Lipinski definition) is 4. The number of aryl methyl sites for hydroxylation is 2. The first-order chi connectivity index (χ1) is 7.18. The summed E-state index contributed by atoms with van der Waals surface area (Å²) in [5, 5.41) is 7.50. The highest BCUT2D eigenvalue weighted by atomic mass is 16.5. The molecule has 0 amide bonds. The van der Waals surface area contributed by atoms with Gasteiger partial charge >= 0.3 is 0 Å². The minimum absolute atomic E-state index is 0.281. The van der Waals surface area contributed by atoms with Crippen molar-refractivity contribution in [3.8, 4) is 0 Å². The lowest BCUT2D eigenvalue weighted by Crippen LogP contribution is -2.32. The predicted octanol–water partition coefficient (Wildman–Crippen LogP) is 1.73. The predicted molar refractivity (Wildman–Crippen MR) is 56.8 cm³/mol. The van der Waals surface area contributed by atoms with E-state index in [2.05, 4.69) is 17.4 Å². The van der Waals surface area contributed by atoms with Gasteiger partial charge in [0.05, 0.1) is 12.3 Å². The standard InChI is InChI=1S/C11H18N2O2/c1-7(12-10-4-5-14-6-10)11-8(2)13-15-9(11)3/h7,10,12H,4-6H2,1-3H3. The molecule has 1 N–H and O–H groups in total. The first kappa shape index (κ1) is 10.6. The fourth-order valence-corrected chi connectivity index (χ4v) is 2.21. The van der Waals surface area contributed by atoms with E-state index in [1.165, 1.54) is 5.56 Å². The first-order valence-electron chi connectivity index (χ1n) is 5.45. The van der Waals surface area contributed by atoms with E-state index in [0.717, 1.165) is 31.1 Å². The van der Waals surface area contributed by atoms with E-state index in [1.807, 2.05) is 13.8 Å². The van der Waals surface area contributed by atoms with Gasteiger partial charge in [-0.05, 0) is 27.2 Å². The van der Waals surface area contributed by atoms with E-state index in [4.69, 9.17) is 9.26 Å². The van der Waals surface area contributed by atoms with E-state index in [0.29, 0.717) is 6.04 Å². The second-order valence-electron chi connectivity index (χ2n) is 4.19. The van der Waals surface area contributed by atoms with E-state index in [9.17, 15) is 0 Å². The smallest absolute Gasteiger partial charge is 0.138 e. The molecule has 0 aliphatic carbocycles. The van der Waals surface area contributed by atoms with E-state index < -0.39 is 0 Å². The monoisotopic (exact) mass is 210 g/mol. The van der Waals surface area contributed by atoms with Crippen LogP contribution in [0.3, 0.4) is 0 Å². The molecule has 84 valence electrons. The third-order valence-electron chi connectivity index (χ3n) is 2.94. The summed E-state index contributed by atoms with van der Waals surface area (Å²) in [5.41, 5.74) is 2.16. The summed E-state index contributed by atoms with van der Waals surface area (Å²) in [6, 6.07) is 0.747. The molecule has 0 radical (unpaired) electrons. The highest BCUT2D eigenvalue weighted by Gasteiger charge is 2.22. The second-order valence-corrected chi connectivity index (χ2v) is 4.19. The number of rotatable bonds is 3. The zero-order chi connectivity index (χ0) is 10.8. The lowest BCUT2D eigenvalue weighted by atomic mass is 10.1. The summed E-state index contributed by atoms with van der Waals surface area (Å²) < 4.78 is 10.5. The van der Waals surface area contributed by atoms with Crippen LogP contribution >= 0.6 is 0 Å². The number of hydrogen-bond donors (Lipinski definition) is 1. The molecule has 2 heterocycles. The summed E-state index contributed by atoms with van der Waals surface area (Å²) in [7, 11) is 0. The molecular formula is C11H18N2O2. The minimum atomic E-state index is 0.281. The van der Waals surface area contributed by atoms with Crippen LogP contribution in [0.1, 0.15) is 36.4 Å². The van der Waals surface area contributed by atoms with E-state index in [1.54, 1.807) is 0 Å². The Hall–Kier alpha value is -0.870. The molecule has 1 aliphatic rings. The van der Waals surface area contributed by atoms with Gasteiger partial charge in [0, 0.05) is 24.3 Å². The highest BCUT2D eigenvalue weighted by molar-refractivity contribution is 5.24. The van der Waals surface area contributed by atoms with Crippen LogP contribution in [-0.2, 0) is 4.74 Å². The van der Waals surface area contributed by atoms with E-state index in [-0.39, 0.29) is 6.04 Å². The third-order valence-corrected chi connectivity index (χ3v) is 2.94. The van der Waals surface area contributed by atoms with Crippen molar-refractivity contribution in [3.05, 3.63) is 17.0 Å². The molecule has 0 bridgehead atoms. The average molecular weight is 210 g/mol. The zero-order valence-corrected chi connectivity index (χ0v) is 9.54. The molecule has 15 heavy (non-hydrogen) atoms. The SMILES string of the molecule is Cc1noc(C)c1C(C)NC1CCOC1. The average Bonchev–Trinajstić information content (AvgIpc) is 2.77. The Morgan fingerprint density at radius 1 is 1.47 bits per heavy atom. The van der Waals surface area contributed by atoms with Crippen LogP contribution in [-0.4, -0.2) is 24.4 Å². The van der Waals surface area contributed by atoms with Gasteiger partial charge in [0.25, 0.3) is 0 Å². The molecule has 2 rings (SSSR count). The zero-order valence-electron chi connectivity index (χ0n) is 9.54. The Balaban J connectivity index is 2.03. The van der Waals surface area contributed by atoms with Gasteiger partial charge in [0.1, 0.15) is 5.76 Å². The molecule has 1 aliphatic heterocycles. The quantitative estimate of drug-likeness (QED) is 0.825.